The molecule has 1 aliphatic rings. The summed E-state index contributed by atoms with van der Waals surface area (Å²) in [4.78, 5) is 3.97. The van der Waals surface area contributed by atoms with Crippen molar-refractivity contribution in [3.63, 3.8) is 0 Å². The third-order valence-electron chi connectivity index (χ3n) is 5.04. The average Bonchev–Trinajstić information content (AvgIpc) is 3.22. The van der Waals surface area contributed by atoms with Crippen LogP contribution in [0.15, 0.2) is 77.0 Å². The minimum Gasteiger partial charge on any atom is -0.497 e. The van der Waals surface area contributed by atoms with Crippen molar-refractivity contribution >= 4 is 57.0 Å². The predicted molar refractivity (Wildman–Crippen MR) is 133 cm³/mol. The molecule has 0 radical (unpaired) electrons. The van der Waals surface area contributed by atoms with E-state index in [-0.39, 0.29) is 29.9 Å². The second-order valence-electron chi connectivity index (χ2n) is 7.11. The molecule has 174 valence electrons. The number of rotatable bonds is 7. The first-order valence-electron chi connectivity index (χ1n) is 9.71. The summed E-state index contributed by atoms with van der Waals surface area (Å²) in [6.07, 6.45) is 3.34. The normalized spacial score (nSPS) is 15.7. The van der Waals surface area contributed by atoms with E-state index in [1.165, 1.54) is 18.5 Å². The molecule has 0 aliphatic carbocycles. The van der Waals surface area contributed by atoms with Gasteiger partial charge in [0, 0.05) is 23.8 Å². The van der Waals surface area contributed by atoms with Crippen molar-refractivity contribution in [2.75, 3.05) is 18.7 Å². The first-order valence-corrected chi connectivity index (χ1v) is 12.0. The monoisotopic (exact) mass is 526 g/mol. The number of methoxy groups -OCH3 is 1. The van der Waals surface area contributed by atoms with Crippen molar-refractivity contribution in [2.45, 2.75) is 17.4 Å². The van der Waals surface area contributed by atoms with Crippen LogP contribution in [-0.2, 0) is 10.0 Å². The van der Waals surface area contributed by atoms with Gasteiger partial charge in [-0.1, -0.05) is 35.3 Å². The largest absolute Gasteiger partial charge is 0.497 e. The standard InChI is InChI=1S/C22H20Cl2N4O3S.ClH/c1-31-18-7-4-15(5-8-18)22-12-17(13-26-32(29,30)19-3-2-10-25-14-19)27-28(22)21-9-6-16(23)11-20(21)24;/h2-11,14,22,26H,12-13H2,1H3;1H. The molecule has 1 aliphatic heterocycles. The molecule has 1 N–H and O–H groups in total. The Balaban J connectivity index is 0.00000306. The van der Waals surface area contributed by atoms with Gasteiger partial charge >= 0.3 is 0 Å². The Morgan fingerprint density at radius 2 is 1.91 bits per heavy atom. The number of nitrogens with one attached hydrogen (secondary N) is 1. The Morgan fingerprint density at radius 3 is 2.55 bits per heavy atom. The van der Waals surface area contributed by atoms with Crippen molar-refractivity contribution in [3.05, 3.63) is 82.6 Å². The summed E-state index contributed by atoms with van der Waals surface area (Å²) in [5, 5.41) is 7.47. The fourth-order valence-corrected chi connectivity index (χ4v) is 4.90. The van der Waals surface area contributed by atoms with Gasteiger partial charge in [0.25, 0.3) is 0 Å². The van der Waals surface area contributed by atoms with E-state index in [0.29, 0.717) is 27.9 Å². The number of pyridine rings is 1. The smallest absolute Gasteiger partial charge is 0.242 e. The molecule has 11 heteroatoms. The van der Waals surface area contributed by atoms with Crippen LogP contribution in [0.1, 0.15) is 18.0 Å². The molecule has 7 nitrogen and oxygen atoms in total. The van der Waals surface area contributed by atoms with Crippen molar-refractivity contribution in [3.8, 4) is 5.75 Å². The number of anilines is 1. The number of aromatic nitrogens is 1. The molecule has 0 saturated carbocycles. The summed E-state index contributed by atoms with van der Waals surface area (Å²) in [6.45, 7) is 0.0611. The number of halogens is 3. The molecule has 3 aromatic rings. The van der Waals surface area contributed by atoms with Gasteiger partial charge in [0.15, 0.2) is 0 Å². The van der Waals surface area contributed by atoms with Crippen LogP contribution in [0.2, 0.25) is 10.0 Å². The summed E-state index contributed by atoms with van der Waals surface area (Å²) in [5.74, 6) is 0.744. The second-order valence-corrected chi connectivity index (χ2v) is 9.72. The highest BCUT2D eigenvalue weighted by atomic mass is 35.5. The van der Waals surface area contributed by atoms with E-state index < -0.39 is 10.0 Å². The van der Waals surface area contributed by atoms with Crippen LogP contribution in [0.3, 0.4) is 0 Å². The fraction of sp³-hybridized carbons (Fsp3) is 0.182. The highest BCUT2D eigenvalue weighted by Gasteiger charge is 2.31. The van der Waals surface area contributed by atoms with Crippen molar-refractivity contribution < 1.29 is 13.2 Å². The lowest BCUT2D eigenvalue weighted by Gasteiger charge is -2.25. The molecule has 1 aromatic heterocycles. The molecular formula is C22H21Cl3N4O3S. The molecule has 1 atom stereocenters. The Labute approximate surface area is 208 Å². The van der Waals surface area contributed by atoms with Gasteiger partial charge in [-0.25, -0.2) is 13.1 Å². The van der Waals surface area contributed by atoms with E-state index in [9.17, 15) is 8.42 Å². The van der Waals surface area contributed by atoms with Gasteiger partial charge in [0.1, 0.15) is 10.6 Å². The van der Waals surface area contributed by atoms with Gasteiger partial charge in [-0.15, -0.1) is 12.4 Å². The quantitative estimate of drug-likeness (QED) is 0.462. The topological polar surface area (TPSA) is 83.9 Å². The van der Waals surface area contributed by atoms with E-state index >= 15 is 0 Å². The maximum absolute atomic E-state index is 12.6. The molecule has 0 fully saturated rings. The van der Waals surface area contributed by atoms with Gasteiger partial charge in [-0.05, 0) is 48.0 Å². The average molecular weight is 528 g/mol. The molecule has 0 spiro atoms. The fourth-order valence-electron chi connectivity index (χ4n) is 3.42. The summed E-state index contributed by atoms with van der Waals surface area (Å²) >= 11 is 12.5. The van der Waals surface area contributed by atoms with Gasteiger partial charge < -0.3 is 4.74 Å². The zero-order valence-electron chi connectivity index (χ0n) is 17.5. The van der Waals surface area contributed by atoms with E-state index in [2.05, 4.69) is 9.71 Å². The Bertz CT molecular complexity index is 1240. The van der Waals surface area contributed by atoms with Gasteiger partial charge in [0.05, 0.1) is 36.1 Å². The molecule has 0 bridgehead atoms. The Hall–Kier alpha value is -2.36. The number of hydrazone groups is 1. The third kappa shape index (κ3) is 5.77. The highest BCUT2D eigenvalue weighted by Crippen LogP contribution is 2.39. The lowest BCUT2D eigenvalue weighted by Crippen LogP contribution is -2.29. The summed E-state index contributed by atoms with van der Waals surface area (Å²) in [7, 11) is -2.10. The highest BCUT2D eigenvalue weighted by molar-refractivity contribution is 7.89. The molecule has 0 saturated heterocycles. The molecular weight excluding hydrogens is 507 g/mol. The first-order chi connectivity index (χ1) is 15.4. The molecule has 1 unspecified atom stereocenters. The third-order valence-corrected chi connectivity index (χ3v) is 6.97. The number of benzene rings is 2. The number of hydrogen-bond donors (Lipinski definition) is 1. The van der Waals surface area contributed by atoms with Crippen LogP contribution in [0.4, 0.5) is 5.69 Å². The van der Waals surface area contributed by atoms with E-state index in [4.69, 9.17) is 33.0 Å². The van der Waals surface area contributed by atoms with Crippen LogP contribution >= 0.6 is 35.6 Å². The Morgan fingerprint density at radius 1 is 1.15 bits per heavy atom. The number of ether oxygens (including phenoxy) is 1. The molecule has 4 rings (SSSR count). The zero-order valence-corrected chi connectivity index (χ0v) is 20.6. The predicted octanol–water partition coefficient (Wildman–Crippen LogP) is 5.10. The van der Waals surface area contributed by atoms with Crippen LogP contribution in [0.25, 0.3) is 0 Å². The van der Waals surface area contributed by atoms with Crippen molar-refractivity contribution in [2.24, 2.45) is 5.10 Å². The zero-order chi connectivity index (χ0) is 22.7. The van der Waals surface area contributed by atoms with Crippen LogP contribution in [-0.4, -0.2) is 32.8 Å². The summed E-state index contributed by atoms with van der Waals surface area (Å²) in [6, 6.07) is 15.8. The van der Waals surface area contributed by atoms with E-state index in [0.717, 1.165) is 11.3 Å². The minimum atomic E-state index is -3.71. The van der Waals surface area contributed by atoms with E-state index in [1.807, 2.05) is 24.3 Å². The maximum atomic E-state index is 12.6. The Kier molecular flexibility index (Phi) is 8.20. The van der Waals surface area contributed by atoms with Gasteiger partial charge in [0.2, 0.25) is 10.0 Å². The van der Waals surface area contributed by atoms with E-state index in [1.54, 1.807) is 36.4 Å². The summed E-state index contributed by atoms with van der Waals surface area (Å²) < 4.78 is 33.0. The van der Waals surface area contributed by atoms with Crippen LogP contribution < -0.4 is 14.5 Å². The molecule has 0 amide bonds. The molecule has 2 heterocycles. The molecule has 2 aromatic carbocycles. The van der Waals surface area contributed by atoms with Gasteiger partial charge in [-0.2, -0.15) is 5.10 Å². The molecule has 33 heavy (non-hydrogen) atoms. The first kappa shape index (κ1) is 25.3. The number of nitrogens with zero attached hydrogens (tertiary/aromatic N) is 3. The maximum Gasteiger partial charge on any atom is 0.242 e. The van der Waals surface area contributed by atoms with Crippen molar-refractivity contribution in [1.82, 2.24) is 9.71 Å². The van der Waals surface area contributed by atoms with Crippen molar-refractivity contribution in [1.29, 1.82) is 0 Å². The number of hydrogen-bond acceptors (Lipinski definition) is 6. The second kappa shape index (κ2) is 10.7. The van der Waals surface area contributed by atoms with Gasteiger partial charge in [-0.3, -0.25) is 9.99 Å². The number of sulfonamides is 1. The minimum absolute atomic E-state index is 0. The lowest BCUT2D eigenvalue weighted by molar-refractivity contribution is 0.414. The lowest BCUT2D eigenvalue weighted by atomic mass is 10.0. The summed E-state index contributed by atoms with van der Waals surface area (Å²) in [5.41, 5.74) is 2.34. The SMILES string of the molecule is COc1ccc(C2CC(CNS(=O)(=O)c3cccnc3)=NN2c2ccc(Cl)cc2Cl)cc1.Cl. The van der Waals surface area contributed by atoms with Crippen LogP contribution in [0.5, 0.6) is 5.75 Å². The van der Waals surface area contributed by atoms with Crippen LogP contribution in [0, 0.1) is 0 Å².